The van der Waals surface area contributed by atoms with Gasteiger partial charge in [-0.25, -0.2) is 9.59 Å². The zero-order chi connectivity index (χ0) is 14.0. The molecule has 0 radical (unpaired) electrons. The number of carbonyl (C=O) groups is 2. The lowest BCUT2D eigenvalue weighted by Gasteiger charge is -2.14. The molecule has 0 saturated carbocycles. The van der Waals surface area contributed by atoms with Crippen LogP contribution in [0.25, 0.3) is 0 Å². The molecule has 2 amide bonds. The van der Waals surface area contributed by atoms with Crippen molar-refractivity contribution in [1.29, 1.82) is 0 Å². The normalized spacial score (nSPS) is 13.7. The Morgan fingerprint density at radius 1 is 1.44 bits per heavy atom. The molecule has 1 unspecified atom stereocenters. The molecule has 0 fully saturated rings. The van der Waals surface area contributed by atoms with Gasteiger partial charge in [0, 0.05) is 29.4 Å². The van der Waals surface area contributed by atoms with E-state index in [1.165, 1.54) is 11.8 Å². The van der Waals surface area contributed by atoms with E-state index in [4.69, 9.17) is 5.11 Å². The number of aliphatic carboxylic acids is 1. The number of thioether (sulfide) groups is 1. The van der Waals surface area contributed by atoms with Gasteiger partial charge in [-0.1, -0.05) is 0 Å². The van der Waals surface area contributed by atoms with Crippen LogP contribution in [0.3, 0.4) is 0 Å². The number of nitrogens with one attached hydrogen (secondary N) is 2. The van der Waals surface area contributed by atoms with Crippen molar-refractivity contribution < 1.29 is 18.9 Å². The molecule has 0 aliphatic rings. The molecule has 6 nitrogen and oxygen atoms in total. The van der Waals surface area contributed by atoms with Gasteiger partial charge in [0.25, 0.3) is 0 Å². The molecule has 0 aliphatic carbocycles. The first-order valence-electron chi connectivity index (χ1n) is 5.53. The molecule has 106 valence electrons. The quantitative estimate of drug-likeness (QED) is 0.531. The van der Waals surface area contributed by atoms with Crippen LogP contribution >= 0.6 is 11.8 Å². The number of hydrogen-bond acceptors (Lipinski definition) is 4. The number of amides is 2. The zero-order valence-electron chi connectivity index (χ0n) is 10.6. The monoisotopic (exact) mass is 296 g/mol. The maximum absolute atomic E-state index is 11.4. The number of rotatable bonds is 9. The molecule has 2 atom stereocenters. The third-order valence-corrected chi connectivity index (χ3v) is 3.62. The average Bonchev–Trinajstić information content (AvgIpc) is 2.29. The molecule has 0 heterocycles. The Morgan fingerprint density at radius 3 is 2.61 bits per heavy atom. The number of carboxylic acids is 1. The van der Waals surface area contributed by atoms with Crippen LogP contribution in [0, 0.1) is 0 Å². The molecule has 0 bridgehead atoms. The second kappa shape index (κ2) is 10.2. The fourth-order valence-corrected chi connectivity index (χ4v) is 2.20. The second-order valence-electron chi connectivity index (χ2n) is 3.70. The summed E-state index contributed by atoms with van der Waals surface area (Å²) in [4.78, 5) is 22.3. The maximum Gasteiger partial charge on any atom is 0.326 e. The van der Waals surface area contributed by atoms with Gasteiger partial charge in [0.1, 0.15) is 6.04 Å². The Kier molecular flexibility index (Phi) is 9.76. The minimum absolute atomic E-state index is 0.389. The largest absolute Gasteiger partial charge is 0.480 e. The summed E-state index contributed by atoms with van der Waals surface area (Å²) in [7, 11) is -0.871. The Hall–Kier alpha value is -0.760. The fourth-order valence-electron chi connectivity index (χ4n) is 1.18. The zero-order valence-corrected chi connectivity index (χ0v) is 12.2. The summed E-state index contributed by atoms with van der Waals surface area (Å²) in [5, 5.41) is 13.8. The minimum Gasteiger partial charge on any atom is -0.480 e. The molecule has 0 aromatic heterocycles. The van der Waals surface area contributed by atoms with Crippen LogP contribution in [0.5, 0.6) is 0 Å². The van der Waals surface area contributed by atoms with E-state index in [9.17, 15) is 13.8 Å². The summed E-state index contributed by atoms with van der Waals surface area (Å²) in [6, 6.07) is -1.36. The maximum atomic E-state index is 11.4. The summed E-state index contributed by atoms with van der Waals surface area (Å²) in [5.41, 5.74) is 0. The van der Waals surface area contributed by atoms with Gasteiger partial charge < -0.3 is 15.7 Å². The topological polar surface area (TPSA) is 95.5 Å². The van der Waals surface area contributed by atoms with E-state index >= 15 is 0 Å². The smallest absolute Gasteiger partial charge is 0.326 e. The first kappa shape index (κ1) is 17.2. The summed E-state index contributed by atoms with van der Waals surface area (Å²) < 4.78 is 10.8. The van der Waals surface area contributed by atoms with E-state index in [-0.39, 0.29) is 0 Å². The second-order valence-corrected chi connectivity index (χ2v) is 6.24. The standard InChI is InChI=1S/C10H20N2O4S2/c1-17-6-4-8(9(13)14)12-10(15)11-5-3-7-18(2)16/h8H,3-7H2,1-2H3,(H,13,14)(H2,11,12,15)/t8-,18?/m0/s1. The molecular weight excluding hydrogens is 276 g/mol. The first-order valence-corrected chi connectivity index (χ1v) is 8.65. The average molecular weight is 296 g/mol. The van der Waals surface area contributed by atoms with Crippen molar-refractivity contribution in [2.24, 2.45) is 0 Å². The van der Waals surface area contributed by atoms with Crippen LogP contribution in [0.15, 0.2) is 0 Å². The summed E-state index contributed by atoms with van der Waals surface area (Å²) in [6.07, 6.45) is 4.48. The highest BCUT2D eigenvalue weighted by Crippen LogP contribution is 2.00. The van der Waals surface area contributed by atoms with Crippen molar-refractivity contribution in [3.63, 3.8) is 0 Å². The van der Waals surface area contributed by atoms with Crippen molar-refractivity contribution in [3.8, 4) is 0 Å². The lowest BCUT2D eigenvalue weighted by molar-refractivity contribution is -0.139. The van der Waals surface area contributed by atoms with Gasteiger partial charge in [0.2, 0.25) is 0 Å². The third kappa shape index (κ3) is 9.29. The molecule has 18 heavy (non-hydrogen) atoms. The highest BCUT2D eigenvalue weighted by atomic mass is 32.2. The first-order chi connectivity index (χ1) is 8.47. The van der Waals surface area contributed by atoms with E-state index < -0.39 is 28.8 Å². The van der Waals surface area contributed by atoms with Crippen molar-refractivity contribution in [3.05, 3.63) is 0 Å². The SMILES string of the molecule is CSCC[C@H](NC(=O)NCCCS(C)=O)C(=O)O. The molecule has 0 aliphatic heterocycles. The van der Waals surface area contributed by atoms with Crippen molar-refractivity contribution in [2.75, 3.05) is 30.6 Å². The molecule has 0 rings (SSSR count). The van der Waals surface area contributed by atoms with Crippen LogP contribution in [0.2, 0.25) is 0 Å². The third-order valence-electron chi connectivity index (χ3n) is 2.11. The van der Waals surface area contributed by atoms with Crippen molar-refractivity contribution >= 4 is 34.6 Å². The number of urea groups is 1. The molecule has 3 N–H and O–H groups in total. The van der Waals surface area contributed by atoms with E-state index in [2.05, 4.69) is 10.6 Å². The highest BCUT2D eigenvalue weighted by molar-refractivity contribution is 7.98. The van der Waals surface area contributed by atoms with Gasteiger partial charge in [-0.05, 0) is 24.9 Å². The van der Waals surface area contributed by atoms with Gasteiger partial charge >= 0.3 is 12.0 Å². The van der Waals surface area contributed by atoms with Crippen LogP contribution in [0.1, 0.15) is 12.8 Å². The van der Waals surface area contributed by atoms with E-state index in [0.29, 0.717) is 30.9 Å². The Morgan fingerprint density at radius 2 is 2.11 bits per heavy atom. The predicted octanol–water partition coefficient (Wildman–Crippen LogP) is 0.261. The summed E-state index contributed by atoms with van der Waals surface area (Å²) in [5.74, 6) is 0.162. The van der Waals surface area contributed by atoms with Gasteiger partial charge in [-0.15, -0.1) is 0 Å². The lowest BCUT2D eigenvalue weighted by atomic mass is 10.2. The van der Waals surface area contributed by atoms with Crippen LogP contribution in [-0.2, 0) is 15.6 Å². The molecule has 0 aromatic rings. The van der Waals surface area contributed by atoms with Gasteiger partial charge in [0.15, 0.2) is 0 Å². The predicted molar refractivity (Wildman–Crippen MR) is 74.5 cm³/mol. The molecular formula is C10H20N2O4S2. The van der Waals surface area contributed by atoms with Gasteiger partial charge in [0.05, 0.1) is 0 Å². The van der Waals surface area contributed by atoms with Crippen LogP contribution < -0.4 is 10.6 Å². The lowest BCUT2D eigenvalue weighted by Crippen LogP contribution is -2.46. The number of carbonyl (C=O) groups excluding carboxylic acids is 1. The molecule has 8 heteroatoms. The Labute approximate surface area is 114 Å². The summed E-state index contributed by atoms with van der Waals surface area (Å²) >= 11 is 1.53. The van der Waals surface area contributed by atoms with E-state index in [1.54, 1.807) is 6.26 Å². The van der Waals surface area contributed by atoms with E-state index in [0.717, 1.165) is 0 Å². The number of carboxylic acid groups (broad SMARTS) is 1. The molecule has 0 saturated heterocycles. The van der Waals surface area contributed by atoms with Crippen molar-refractivity contribution in [1.82, 2.24) is 10.6 Å². The van der Waals surface area contributed by atoms with Gasteiger partial charge in [-0.2, -0.15) is 11.8 Å². The molecule has 0 aromatic carbocycles. The Bertz CT molecular complexity index is 300. The summed E-state index contributed by atoms with van der Waals surface area (Å²) in [6.45, 7) is 0.389. The Balaban J connectivity index is 3.87. The highest BCUT2D eigenvalue weighted by Gasteiger charge is 2.18. The number of hydrogen-bond donors (Lipinski definition) is 3. The van der Waals surface area contributed by atoms with Gasteiger partial charge in [-0.3, -0.25) is 4.21 Å². The van der Waals surface area contributed by atoms with Crippen LogP contribution in [0.4, 0.5) is 4.79 Å². The van der Waals surface area contributed by atoms with Crippen molar-refractivity contribution in [2.45, 2.75) is 18.9 Å². The van der Waals surface area contributed by atoms with E-state index in [1.807, 2.05) is 6.26 Å². The molecule has 0 spiro atoms. The minimum atomic E-state index is -1.03. The fraction of sp³-hybridized carbons (Fsp3) is 0.800. The van der Waals surface area contributed by atoms with Crippen LogP contribution in [-0.4, -0.2) is 57.9 Å².